The van der Waals surface area contributed by atoms with Crippen LogP contribution >= 0.6 is 0 Å². The van der Waals surface area contributed by atoms with Crippen molar-refractivity contribution in [2.24, 2.45) is 22.9 Å². The van der Waals surface area contributed by atoms with Crippen molar-refractivity contribution in [1.82, 2.24) is 14.5 Å². The number of likely N-dealkylation sites (tertiary alicyclic amines) is 1. The number of methoxy groups -OCH3 is 1. The summed E-state index contributed by atoms with van der Waals surface area (Å²) in [7, 11) is 1.70. The molecule has 3 heterocycles. The van der Waals surface area contributed by atoms with Crippen molar-refractivity contribution in [1.29, 1.82) is 0 Å². The smallest absolute Gasteiger partial charge is 0.274 e. The third-order valence-corrected chi connectivity index (χ3v) is 5.76. The predicted octanol–water partition coefficient (Wildman–Crippen LogP) is 1.96. The summed E-state index contributed by atoms with van der Waals surface area (Å²) in [5, 5.41) is 4.31. The molecule has 7 heteroatoms. The summed E-state index contributed by atoms with van der Waals surface area (Å²) < 4.78 is 7.59. The zero-order valence-electron chi connectivity index (χ0n) is 15.5. The number of carbonyl (C=O) groups is 1. The first-order valence-corrected chi connectivity index (χ1v) is 8.95. The van der Waals surface area contributed by atoms with Crippen LogP contribution in [0, 0.1) is 17.8 Å². The average molecular weight is 346 g/mol. The lowest BCUT2D eigenvalue weighted by Gasteiger charge is -2.25. The molecule has 0 radical (unpaired) electrons. The number of hydrogen-bond donors (Lipinski definition) is 0. The first-order chi connectivity index (χ1) is 11.8. The van der Waals surface area contributed by atoms with E-state index in [4.69, 9.17) is 9.57 Å². The van der Waals surface area contributed by atoms with Crippen LogP contribution in [-0.4, -0.2) is 58.0 Å². The van der Waals surface area contributed by atoms with E-state index in [1.54, 1.807) is 13.4 Å². The van der Waals surface area contributed by atoms with Crippen molar-refractivity contribution in [3.05, 3.63) is 18.2 Å². The minimum Gasteiger partial charge on any atom is -0.387 e. The van der Waals surface area contributed by atoms with Gasteiger partial charge in [-0.15, -0.1) is 0 Å². The van der Waals surface area contributed by atoms with Gasteiger partial charge in [0, 0.05) is 38.4 Å². The Balaban J connectivity index is 1.40. The standard InChI is InChI=1S/C18H26N4O3/c1-10(2)22-8-13(19-9-22)17(23)21-6-11-12(7-21)14(11)15-16(24-5)18(3,4)25-20-15/h8-12,14,16H,6-7H2,1-5H3. The zero-order valence-corrected chi connectivity index (χ0v) is 15.5. The third kappa shape index (κ3) is 2.56. The Morgan fingerprint density at radius 1 is 1.36 bits per heavy atom. The van der Waals surface area contributed by atoms with E-state index in [1.807, 2.05) is 29.5 Å². The number of oxime groups is 1. The molecule has 0 aromatic carbocycles. The number of nitrogens with zero attached hydrogens (tertiary/aromatic N) is 4. The Labute approximate surface area is 148 Å². The van der Waals surface area contributed by atoms with Gasteiger partial charge < -0.3 is 19.0 Å². The fourth-order valence-corrected chi connectivity index (χ4v) is 4.28. The molecule has 0 spiro atoms. The highest BCUT2D eigenvalue weighted by Gasteiger charge is 2.63. The summed E-state index contributed by atoms with van der Waals surface area (Å²) in [5.41, 5.74) is 1.13. The van der Waals surface area contributed by atoms with E-state index < -0.39 is 5.60 Å². The molecule has 2 aliphatic heterocycles. The number of aromatic nitrogens is 2. The molecule has 3 aliphatic rings. The lowest BCUT2D eigenvalue weighted by Crippen LogP contribution is -2.41. The number of imidazole rings is 1. The number of rotatable bonds is 4. The molecule has 1 saturated carbocycles. The molecule has 0 N–H and O–H groups in total. The molecule has 2 fully saturated rings. The van der Waals surface area contributed by atoms with Crippen LogP contribution in [0.15, 0.2) is 17.7 Å². The largest absolute Gasteiger partial charge is 0.387 e. The Morgan fingerprint density at radius 2 is 2.04 bits per heavy atom. The Kier molecular flexibility index (Phi) is 3.68. The van der Waals surface area contributed by atoms with Crippen LogP contribution in [-0.2, 0) is 9.57 Å². The van der Waals surface area contributed by atoms with Crippen molar-refractivity contribution in [2.45, 2.75) is 45.4 Å². The maximum atomic E-state index is 12.7. The van der Waals surface area contributed by atoms with E-state index in [0.29, 0.717) is 29.5 Å². The van der Waals surface area contributed by atoms with E-state index >= 15 is 0 Å². The molecule has 1 saturated heterocycles. The second-order valence-electron chi connectivity index (χ2n) is 8.19. The van der Waals surface area contributed by atoms with Gasteiger partial charge in [-0.25, -0.2) is 4.98 Å². The Morgan fingerprint density at radius 3 is 2.60 bits per heavy atom. The van der Waals surface area contributed by atoms with Crippen molar-refractivity contribution < 1.29 is 14.4 Å². The monoisotopic (exact) mass is 346 g/mol. The molecule has 7 nitrogen and oxygen atoms in total. The van der Waals surface area contributed by atoms with Gasteiger partial charge >= 0.3 is 0 Å². The van der Waals surface area contributed by atoms with Crippen molar-refractivity contribution >= 4 is 11.6 Å². The first kappa shape index (κ1) is 16.6. The van der Waals surface area contributed by atoms with Gasteiger partial charge in [0.15, 0.2) is 5.60 Å². The minimum absolute atomic E-state index is 0.0265. The van der Waals surface area contributed by atoms with E-state index in [2.05, 4.69) is 24.0 Å². The first-order valence-electron chi connectivity index (χ1n) is 8.95. The average Bonchev–Trinajstić information content (AvgIpc) is 3.00. The Bertz CT molecular complexity index is 712. The lowest BCUT2D eigenvalue weighted by atomic mass is 9.94. The SMILES string of the molecule is COC1C(C2C3CN(C(=O)c4cn(C(C)C)cn4)CC32)=NOC1(C)C. The van der Waals surface area contributed by atoms with Crippen molar-refractivity contribution in [2.75, 3.05) is 20.2 Å². The minimum atomic E-state index is -0.417. The highest BCUT2D eigenvalue weighted by molar-refractivity contribution is 5.97. The second-order valence-corrected chi connectivity index (χ2v) is 8.19. The molecule has 1 aromatic rings. The van der Waals surface area contributed by atoms with Gasteiger partial charge in [0.25, 0.3) is 5.91 Å². The number of ether oxygens (including phenoxy) is 1. The fraction of sp³-hybridized carbons (Fsp3) is 0.722. The van der Waals surface area contributed by atoms with Crippen LogP contribution < -0.4 is 0 Å². The third-order valence-electron chi connectivity index (χ3n) is 5.76. The molecule has 1 amide bonds. The number of hydrogen-bond acceptors (Lipinski definition) is 5. The Hall–Kier alpha value is -1.89. The highest BCUT2D eigenvalue weighted by Crippen LogP contribution is 2.55. The molecule has 1 aliphatic carbocycles. The molecule has 3 unspecified atom stereocenters. The summed E-state index contributed by atoms with van der Waals surface area (Å²) in [6, 6.07) is 0.306. The zero-order chi connectivity index (χ0) is 17.9. The summed E-state index contributed by atoms with van der Waals surface area (Å²) in [5.74, 6) is 1.33. The van der Waals surface area contributed by atoms with Crippen LogP contribution in [0.4, 0.5) is 0 Å². The van der Waals surface area contributed by atoms with E-state index in [0.717, 1.165) is 18.8 Å². The number of piperidine rings is 1. The van der Waals surface area contributed by atoms with E-state index in [1.165, 1.54) is 0 Å². The normalized spacial score (nSPS) is 32.6. The summed E-state index contributed by atoms with van der Waals surface area (Å²) in [4.78, 5) is 24.4. The maximum absolute atomic E-state index is 12.7. The fourth-order valence-electron chi connectivity index (χ4n) is 4.28. The number of carbonyl (C=O) groups excluding carboxylic acids is 1. The van der Waals surface area contributed by atoms with Crippen LogP contribution in [0.3, 0.4) is 0 Å². The van der Waals surface area contributed by atoms with Gasteiger partial charge in [0.05, 0.1) is 12.0 Å². The molecule has 0 bridgehead atoms. The van der Waals surface area contributed by atoms with Crippen LogP contribution in [0.1, 0.15) is 44.2 Å². The molecule has 4 rings (SSSR count). The van der Waals surface area contributed by atoms with Gasteiger partial charge in [-0.05, 0) is 39.5 Å². The van der Waals surface area contributed by atoms with Gasteiger partial charge in [-0.3, -0.25) is 4.79 Å². The topological polar surface area (TPSA) is 69.0 Å². The van der Waals surface area contributed by atoms with E-state index in [9.17, 15) is 4.79 Å². The molecule has 1 aromatic heterocycles. The summed E-state index contributed by atoms with van der Waals surface area (Å²) in [6.07, 6.45) is 3.47. The quantitative estimate of drug-likeness (QED) is 0.836. The molecule has 3 atom stereocenters. The highest BCUT2D eigenvalue weighted by atomic mass is 16.7. The van der Waals surface area contributed by atoms with Crippen LogP contribution in [0.5, 0.6) is 0 Å². The molecule has 25 heavy (non-hydrogen) atoms. The van der Waals surface area contributed by atoms with Gasteiger partial charge in [0.2, 0.25) is 0 Å². The van der Waals surface area contributed by atoms with Crippen molar-refractivity contribution in [3.63, 3.8) is 0 Å². The summed E-state index contributed by atoms with van der Waals surface area (Å²) in [6.45, 7) is 9.66. The number of fused-ring (bicyclic) bond motifs is 1. The van der Waals surface area contributed by atoms with Crippen molar-refractivity contribution in [3.8, 4) is 0 Å². The van der Waals surface area contributed by atoms with Gasteiger partial charge in [0.1, 0.15) is 11.8 Å². The molecular formula is C18H26N4O3. The van der Waals surface area contributed by atoms with Gasteiger partial charge in [-0.1, -0.05) is 5.16 Å². The predicted molar refractivity (Wildman–Crippen MR) is 92.4 cm³/mol. The van der Waals surface area contributed by atoms with Crippen LogP contribution in [0.2, 0.25) is 0 Å². The maximum Gasteiger partial charge on any atom is 0.274 e. The molecule has 136 valence electrons. The van der Waals surface area contributed by atoms with Gasteiger partial charge in [-0.2, -0.15) is 0 Å². The molecular weight excluding hydrogens is 320 g/mol. The van der Waals surface area contributed by atoms with Crippen LogP contribution in [0.25, 0.3) is 0 Å². The number of amides is 1. The lowest BCUT2D eigenvalue weighted by molar-refractivity contribution is -0.0616. The van der Waals surface area contributed by atoms with E-state index in [-0.39, 0.29) is 12.0 Å². The summed E-state index contributed by atoms with van der Waals surface area (Å²) >= 11 is 0. The second kappa shape index (κ2) is 5.56.